The number of rotatable bonds is 6. The predicted molar refractivity (Wildman–Crippen MR) is 95.8 cm³/mol. The van der Waals surface area contributed by atoms with E-state index in [1.807, 2.05) is 42.6 Å². The SMILES string of the molecule is N#Cc1ccc(C(=O)NCCCn2ccnc2-c2ccccc2)cc1. The Morgan fingerprint density at radius 3 is 2.60 bits per heavy atom. The van der Waals surface area contributed by atoms with E-state index >= 15 is 0 Å². The topological polar surface area (TPSA) is 70.7 Å². The van der Waals surface area contributed by atoms with E-state index in [0.717, 1.165) is 24.4 Å². The first-order chi connectivity index (χ1) is 12.3. The molecule has 0 saturated heterocycles. The van der Waals surface area contributed by atoms with Gasteiger partial charge in [0.15, 0.2) is 0 Å². The molecule has 1 N–H and O–H groups in total. The molecule has 124 valence electrons. The molecule has 0 bridgehead atoms. The number of nitrogens with zero attached hydrogens (tertiary/aromatic N) is 3. The lowest BCUT2D eigenvalue weighted by Gasteiger charge is -2.09. The molecule has 0 radical (unpaired) electrons. The predicted octanol–water partition coefficient (Wildman–Crippen LogP) is 3.24. The normalized spacial score (nSPS) is 10.2. The maximum atomic E-state index is 12.1. The van der Waals surface area contributed by atoms with E-state index in [1.54, 1.807) is 30.5 Å². The van der Waals surface area contributed by atoms with E-state index in [1.165, 1.54) is 0 Å². The van der Waals surface area contributed by atoms with Gasteiger partial charge in [-0.25, -0.2) is 4.98 Å². The van der Waals surface area contributed by atoms with Gasteiger partial charge in [-0.1, -0.05) is 30.3 Å². The molecule has 5 nitrogen and oxygen atoms in total. The van der Waals surface area contributed by atoms with Gasteiger partial charge in [0, 0.05) is 36.6 Å². The Morgan fingerprint density at radius 2 is 1.88 bits per heavy atom. The Kier molecular flexibility index (Phi) is 5.22. The van der Waals surface area contributed by atoms with Crippen LogP contribution in [0.25, 0.3) is 11.4 Å². The summed E-state index contributed by atoms with van der Waals surface area (Å²) in [5.74, 6) is 0.803. The van der Waals surface area contributed by atoms with Crippen LogP contribution in [0.2, 0.25) is 0 Å². The van der Waals surface area contributed by atoms with Gasteiger partial charge in [-0.2, -0.15) is 5.26 Å². The van der Waals surface area contributed by atoms with Crippen LogP contribution in [0.1, 0.15) is 22.3 Å². The van der Waals surface area contributed by atoms with Crippen molar-refractivity contribution >= 4 is 5.91 Å². The van der Waals surface area contributed by atoms with Crippen LogP contribution in [-0.4, -0.2) is 22.0 Å². The van der Waals surface area contributed by atoms with Crippen LogP contribution >= 0.6 is 0 Å². The number of hydrogen-bond acceptors (Lipinski definition) is 3. The first kappa shape index (κ1) is 16.5. The van der Waals surface area contributed by atoms with E-state index in [0.29, 0.717) is 17.7 Å². The zero-order valence-corrected chi connectivity index (χ0v) is 13.7. The molecular formula is C20H18N4O. The molecule has 0 aliphatic carbocycles. The minimum absolute atomic E-state index is 0.126. The molecule has 0 saturated carbocycles. The monoisotopic (exact) mass is 330 g/mol. The molecule has 2 aromatic carbocycles. The first-order valence-corrected chi connectivity index (χ1v) is 8.13. The van der Waals surface area contributed by atoms with E-state index < -0.39 is 0 Å². The minimum Gasteiger partial charge on any atom is -0.352 e. The van der Waals surface area contributed by atoms with E-state index in [9.17, 15) is 4.79 Å². The number of aromatic nitrogens is 2. The van der Waals surface area contributed by atoms with Crippen LogP contribution < -0.4 is 5.32 Å². The molecule has 0 spiro atoms. The number of imidazole rings is 1. The number of benzene rings is 2. The molecule has 0 fully saturated rings. The Morgan fingerprint density at radius 1 is 1.12 bits per heavy atom. The van der Waals surface area contributed by atoms with Gasteiger partial charge in [-0.3, -0.25) is 4.79 Å². The highest BCUT2D eigenvalue weighted by Gasteiger charge is 2.07. The summed E-state index contributed by atoms with van der Waals surface area (Å²) in [6.07, 6.45) is 4.54. The highest BCUT2D eigenvalue weighted by molar-refractivity contribution is 5.94. The van der Waals surface area contributed by atoms with Crippen LogP contribution in [0.4, 0.5) is 0 Å². The minimum atomic E-state index is -0.126. The van der Waals surface area contributed by atoms with Gasteiger partial charge in [0.2, 0.25) is 0 Å². The fourth-order valence-electron chi connectivity index (χ4n) is 2.59. The highest BCUT2D eigenvalue weighted by atomic mass is 16.1. The van der Waals surface area contributed by atoms with Crippen molar-refractivity contribution in [2.24, 2.45) is 0 Å². The molecule has 3 aromatic rings. The smallest absolute Gasteiger partial charge is 0.251 e. The summed E-state index contributed by atoms with van der Waals surface area (Å²) < 4.78 is 2.09. The van der Waals surface area contributed by atoms with Crippen molar-refractivity contribution in [2.75, 3.05) is 6.54 Å². The summed E-state index contributed by atoms with van der Waals surface area (Å²) in [6, 6.07) is 18.7. The van der Waals surface area contributed by atoms with Gasteiger partial charge in [-0.05, 0) is 30.7 Å². The third kappa shape index (κ3) is 4.12. The molecule has 0 aliphatic heterocycles. The fraction of sp³-hybridized carbons (Fsp3) is 0.150. The summed E-state index contributed by atoms with van der Waals surface area (Å²) >= 11 is 0. The molecule has 1 aromatic heterocycles. The number of amides is 1. The number of nitrogens with one attached hydrogen (secondary N) is 1. The van der Waals surface area contributed by atoms with Crippen LogP contribution in [0.5, 0.6) is 0 Å². The number of hydrogen-bond donors (Lipinski definition) is 1. The number of carbonyl (C=O) groups excluding carboxylic acids is 1. The standard InChI is InChI=1S/C20H18N4O/c21-15-16-7-9-18(10-8-16)20(25)23-11-4-13-24-14-12-22-19(24)17-5-2-1-3-6-17/h1-3,5-10,12,14H,4,11,13H2,(H,23,25). The summed E-state index contributed by atoms with van der Waals surface area (Å²) in [6.45, 7) is 1.35. The van der Waals surface area contributed by atoms with E-state index in [2.05, 4.69) is 14.9 Å². The highest BCUT2D eigenvalue weighted by Crippen LogP contribution is 2.16. The second-order valence-corrected chi connectivity index (χ2v) is 5.61. The van der Waals surface area contributed by atoms with Gasteiger partial charge < -0.3 is 9.88 Å². The van der Waals surface area contributed by atoms with Gasteiger partial charge >= 0.3 is 0 Å². The Balaban J connectivity index is 1.51. The molecule has 25 heavy (non-hydrogen) atoms. The summed E-state index contributed by atoms with van der Waals surface area (Å²) in [7, 11) is 0. The molecule has 5 heteroatoms. The Bertz CT molecular complexity index is 876. The molecule has 0 atom stereocenters. The molecule has 0 unspecified atom stereocenters. The zero-order chi connectivity index (χ0) is 17.5. The largest absolute Gasteiger partial charge is 0.352 e. The van der Waals surface area contributed by atoms with Crippen molar-refractivity contribution in [1.29, 1.82) is 5.26 Å². The molecule has 3 rings (SSSR count). The molecule has 1 amide bonds. The Labute approximate surface area is 146 Å². The molecular weight excluding hydrogens is 312 g/mol. The first-order valence-electron chi connectivity index (χ1n) is 8.13. The van der Waals surface area contributed by atoms with Gasteiger partial charge in [-0.15, -0.1) is 0 Å². The van der Waals surface area contributed by atoms with Crippen molar-refractivity contribution in [1.82, 2.24) is 14.9 Å². The zero-order valence-electron chi connectivity index (χ0n) is 13.7. The summed E-state index contributed by atoms with van der Waals surface area (Å²) in [5, 5.41) is 11.7. The van der Waals surface area contributed by atoms with Crippen LogP contribution in [-0.2, 0) is 6.54 Å². The lowest BCUT2D eigenvalue weighted by molar-refractivity contribution is 0.0953. The number of aryl methyl sites for hydroxylation is 1. The number of carbonyl (C=O) groups is 1. The van der Waals surface area contributed by atoms with Crippen molar-refractivity contribution in [2.45, 2.75) is 13.0 Å². The third-order valence-electron chi connectivity index (χ3n) is 3.89. The van der Waals surface area contributed by atoms with Gasteiger partial charge in [0.1, 0.15) is 5.82 Å². The van der Waals surface area contributed by atoms with Crippen molar-refractivity contribution in [3.8, 4) is 17.5 Å². The third-order valence-corrected chi connectivity index (χ3v) is 3.89. The summed E-state index contributed by atoms with van der Waals surface area (Å²) in [5.41, 5.74) is 2.19. The van der Waals surface area contributed by atoms with Gasteiger partial charge in [0.05, 0.1) is 11.6 Å². The van der Waals surface area contributed by atoms with Crippen molar-refractivity contribution in [3.63, 3.8) is 0 Å². The van der Waals surface area contributed by atoms with Crippen LogP contribution in [0, 0.1) is 11.3 Å². The molecule has 0 aliphatic rings. The van der Waals surface area contributed by atoms with Crippen molar-refractivity contribution < 1.29 is 4.79 Å². The van der Waals surface area contributed by atoms with Crippen molar-refractivity contribution in [3.05, 3.63) is 78.1 Å². The lowest BCUT2D eigenvalue weighted by atomic mass is 10.1. The van der Waals surface area contributed by atoms with Gasteiger partial charge in [0.25, 0.3) is 5.91 Å². The van der Waals surface area contributed by atoms with Crippen LogP contribution in [0.3, 0.4) is 0 Å². The summed E-state index contributed by atoms with van der Waals surface area (Å²) in [4.78, 5) is 16.5. The number of nitriles is 1. The lowest BCUT2D eigenvalue weighted by Crippen LogP contribution is -2.25. The second kappa shape index (κ2) is 7.93. The Hall–Kier alpha value is -3.39. The quantitative estimate of drug-likeness (QED) is 0.705. The van der Waals surface area contributed by atoms with E-state index in [4.69, 9.17) is 5.26 Å². The molecule has 1 heterocycles. The van der Waals surface area contributed by atoms with Crippen LogP contribution in [0.15, 0.2) is 67.0 Å². The maximum absolute atomic E-state index is 12.1. The average molecular weight is 330 g/mol. The second-order valence-electron chi connectivity index (χ2n) is 5.61. The maximum Gasteiger partial charge on any atom is 0.251 e. The average Bonchev–Trinajstić information content (AvgIpc) is 3.14. The van der Waals surface area contributed by atoms with E-state index in [-0.39, 0.29) is 5.91 Å². The fourth-order valence-corrected chi connectivity index (χ4v) is 2.59.